The van der Waals surface area contributed by atoms with Crippen LogP contribution in [0.15, 0.2) is 405 Å². The van der Waals surface area contributed by atoms with Crippen molar-refractivity contribution in [3.63, 3.8) is 0 Å². The van der Waals surface area contributed by atoms with Crippen molar-refractivity contribution in [2.75, 3.05) is 0 Å². The van der Waals surface area contributed by atoms with Crippen molar-refractivity contribution in [2.45, 2.75) is 85.9 Å². The Kier molecular flexibility index (Phi) is 21.6. The number of rotatable bonds is 13. The zero-order valence-corrected chi connectivity index (χ0v) is 49.0. The van der Waals surface area contributed by atoms with E-state index in [0.29, 0.717) is 0 Å². The summed E-state index contributed by atoms with van der Waals surface area (Å²) < 4.78 is 0. The molecule has 0 spiro atoms. The van der Waals surface area contributed by atoms with Gasteiger partial charge in [-0.25, -0.2) is 0 Å². The van der Waals surface area contributed by atoms with Gasteiger partial charge in [0.1, 0.15) is 0 Å². The van der Waals surface area contributed by atoms with E-state index in [4.69, 9.17) is 0 Å². The molecule has 0 unspecified atom stereocenters. The van der Waals surface area contributed by atoms with Gasteiger partial charge in [0, 0.05) is 5.56 Å². The summed E-state index contributed by atoms with van der Waals surface area (Å²) in [6, 6.07) is 123. The highest BCUT2D eigenvalue weighted by atomic mass is 32.2. The maximum absolute atomic E-state index is 2.28. The van der Waals surface area contributed by atoms with E-state index in [-0.39, 0.29) is 43.6 Å². The van der Waals surface area contributed by atoms with E-state index < -0.39 is 0 Å². The van der Waals surface area contributed by atoms with E-state index in [2.05, 4.69) is 367 Å². The van der Waals surface area contributed by atoms with Crippen molar-refractivity contribution in [3.8, 4) is 0 Å². The summed E-state index contributed by atoms with van der Waals surface area (Å²) >= 11 is 0. The van der Waals surface area contributed by atoms with Crippen molar-refractivity contribution >= 4 is 43.6 Å². The Morgan fingerprint density at radius 2 is 0.400 bits per heavy atom. The molecule has 80 heavy (non-hydrogen) atoms. The van der Waals surface area contributed by atoms with Crippen LogP contribution >= 0.6 is 0 Å². The molecular formula is C76H68S4+4. The first-order valence-corrected chi connectivity index (χ1v) is 32.1. The van der Waals surface area contributed by atoms with Crippen LogP contribution in [0, 0.1) is 13.8 Å². The summed E-state index contributed by atoms with van der Waals surface area (Å²) in [5, 5.41) is 0. The first kappa shape index (κ1) is 56.7. The van der Waals surface area contributed by atoms with Crippen LogP contribution in [0.25, 0.3) is 0 Å². The van der Waals surface area contributed by atoms with Gasteiger partial charge in [-0.1, -0.05) is 219 Å². The SMILES string of the molecule is CCc1ccc([S+](c2ccccc2)c2ccccc2)cc1.Cc1ccc([S+](c2ccccc2)c2ccccc2)cc1.Cc1ccccc1[S+](c1ccccc1)c1ccccc1.c1ccc([S+](c2ccccc2)c2ccccc2)cc1. The molecule has 392 valence electrons. The molecule has 0 aliphatic carbocycles. The molecule has 0 atom stereocenters. The number of aryl methyl sites for hydroxylation is 3. The molecule has 0 nitrogen and oxygen atoms in total. The van der Waals surface area contributed by atoms with E-state index in [1.54, 1.807) is 0 Å². The van der Waals surface area contributed by atoms with Gasteiger partial charge in [0.05, 0.1) is 43.6 Å². The van der Waals surface area contributed by atoms with Gasteiger partial charge in [-0.05, 0) is 165 Å². The normalized spacial score (nSPS) is 10.7. The molecule has 4 heteroatoms. The fraction of sp³-hybridized carbons (Fsp3) is 0.0526. The van der Waals surface area contributed by atoms with Crippen LogP contribution in [0.4, 0.5) is 0 Å². The molecule has 12 rings (SSSR count). The molecule has 0 radical (unpaired) electrons. The summed E-state index contributed by atoms with van der Waals surface area (Å²) in [6.07, 6.45) is 1.09. The van der Waals surface area contributed by atoms with E-state index >= 15 is 0 Å². The second-order valence-corrected chi connectivity index (χ2v) is 26.7. The van der Waals surface area contributed by atoms with Crippen LogP contribution in [0.2, 0.25) is 0 Å². The van der Waals surface area contributed by atoms with Crippen LogP contribution in [-0.4, -0.2) is 0 Å². The lowest BCUT2D eigenvalue weighted by Crippen LogP contribution is -2.06. The molecule has 0 aromatic heterocycles. The quantitative estimate of drug-likeness (QED) is 0.101. The van der Waals surface area contributed by atoms with Gasteiger partial charge < -0.3 is 0 Å². The predicted molar refractivity (Wildman–Crippen MR) is 345 cm³/mol. The van der Waals surface area contributed by atoms with Gasteiger partial charge in [-0.3, -0.25) is 0 Å². The molecule has 0 N–H and O–H groups in total. The third-order valence-electron chi connectivity index (χ3n) is 12.9. The molecule has 12 aromatic carbocycles. The number of benzene rings is 12. The van der Waals surface area contributed by atoms with Crippen LogP contribution in [-0.2, 0) is 50.0 Å². The maximum atomic E-state index is 2.28. The molecule has 0 aliphatic heterocycles. The van der Waals surface area contributed by atoms with Crippen LogP contribution < -0.4 is 0 Å². The second kappa shape index (κ2) is 30.4. The summed E-state index contributed by atoms with van der Waals surface area (Å²) in [7, 11) is -0.0886. The topological polar surface area (TPSA) is 0 Å². The third kappa shape index (κ3) is 15.9. The number of hydrogen-bond donors (Lipinski definition) is 0. The first-order chi connectivity index (χ1) is 39.5. The van der Waals surface area contributed by atoms with Gasteiger partial charge in [0.15, 0.2) is 58.7 Å². The maximum Gasteiger partial charge on any atom is 0.169 e. The average molecular weight is 1110 g/mol. The summed E-state index contributed by atoms with van der Waals surface area (Å²) in [6.45, 7) is 6.53. The largest absolute Gasteiger partial charge is 0.169 e. The Labute approximate surface area is 488 Å². The Bertz CT molecular complexity index is 3400. The fourth-order valence-electron chi connectivity index (χ4n) is 8.95. The lowest BCUT2D eigenvalue weighted by Gasteiger charge is -2.09. The molecule has 12 aromatic rings. The summed E-state index contributed by atoms with van der Waals surface area (Å²) in [5.74, 6) is 0. The minimum Gasteiger partial charge on any atom is -0.0619 e. The molecule has 0 fully saturated rings. The lowest BCUT2D eigenvalue weighted by atomic mass is 10.2. The van der Waals surface area contributed by atoms with E-state index in [1.165, 1.54) is 75.4 Å². The molecule has 0 amide bonds. The van der Waals surface area contributed by atoms with E-state index in [0.717, 1.165) is 6.42 Å². The predicted octanol–water partition coefficient (Wildman–Crippen LogP) is 20.3. The van der Waals surface area contributed by atoms with Gasteiger partial charge in [-0.2, -0.15) is 0 Å². The van der Waals surface area contributed by atoms with Crippen molar-refractivity contribution < 1.29 is 0 Å². The summed E-state index contributed by atoms with van der Waals surface area (Å²) in [4.78, 5) is 16.4. The van der Waals surface area contributed by atoms with Crippen LogP contribution in [0.3, 0.4) is 0 Å². The Hall–Kier alpha value is -7.96. The highest BCUT2D eigenvalue weighted by Gasteiger charge is 2.32. The molecule has 0 saturated carbocycles. The Morgan fingerprint density at radius 3 is 0.637 bits per heavy atom. The minimum absolute atomic E-state index is 0.0146. The fourth-order valence-corrected chi connectivity index (χ4v) is 17.5. The van der Waals surface area contributed by atoms with E-state index in [1.807, 2.05) is 0 Å². The van der Waals surface area contributed by atoms with E-state index in [9.17, 15) is 0 Å². The van der Waals surface area contributed by atoms with Gasteiger partial charge in [0.25, 0.3) is 0 Å². The zero-order chi connectivity index (χ0) is 55.0. The van der Waals surface area contributed by atoms with Crippen LogP contribution in [0.5, 0.6) is 0 Å². The minimum atomic E-state index is -0.0262. The highest BCUT2D eigenvalue weighted by Crippen LogP contribution is 2.35. The molecule has 0 aliphatic rings. The monoisotopic (exact) mass is 1110 g/mol. The Morgan fingerprint density at radius 1 is 0.200 bits per heavy atom. The second-order valence-electron chi connectivity index (χ2n) is 18.6. The first-order valence-electron chi connectivity index (χ1n) is 27.2. The Balaban J connectivity index is 0.000000129. The smallest absolute Gasteiger partial charge is 0.0619 e. The zero-order valence-electron chi connectivity index (χ0n) is 45.7. The van der Waals surface area contributed by atoms with Crippen molar-refractivity contribution in [2.24, 2.45) is 0 Å². The molecule has 0 bridgehead atoms. The van der Waals surface area contributed by atoms with Crippen molar-refractivity contribution in [1.82, 2.24) is 0 Å². The van der Waals surface area contributed by atoms with Crippen molar-refractivity contribution in [3.05, 3.63) is 362 Å². The highest BCUT2D eigenvalue weighted by molar-refractivity contribution is 7.98. The van der Waals surface area contributed by atoms with Gasteiger partial charge in [0.2, 0.25) is 0 Å². The van der Waals surface area contributed by atoms with Gasteiger partial charge >= 0.3 is 0 Å². The molecule has 0 saturated heterocycles. The van der Waals surface area contributed by atoms with Crippen LogP contribution in [0.1, 0.15) is 23.6 Å². The summed E-state index contributed by atoms with van der Waals surface area (Å²) in [5.41, 5.74) is 4.05. The average Bonchev–Trinajstić information content (AvgIpc) is 3.54. The van der Waals surface area contributed by atoms with Gasteiger partial charge in [-0.15, -0.1) is 0 Å². The molecular weight excluding hydrogens is 1040 g/mol. The standard InChI is InChI=1S/C20H19S.2C19H17S.C18H15S/c1-2-17-13-15-20(16-14-17)21(18-9-5-3-6-10-18)19-11-7-4-8-12-19;1-16-10-8-9-15-19(16)20(17-11-4-2-5-12-17)18-13-6-3-7-14-18;1-16-12-14-19(15-13-16)20(17-8-4-2-5-9-17)18-10-6-3-7-11-18;1-4-10-16(11-5-1)19(17-12-6-2-7-13-17)18-14-8-3-9-15-18/h3-16H,2H2,1H3;2*2-15H,1H3;1-15H/q4*+1. The third-order valence-corrected chi connectivity index (χ3v) is 22.0. The lowest BCUT2D eigenvalue weighted by molar-refractivity contribution is 1.13. The van der Waals surface area contributed by atoms with Crippen molar-refractivity contribution in [1.29, 1.82) is 0 Å². The molecule has 0 heterocycles. The number of hydrogen-bond acceptors (Lipinski definition) is 0.